The minimum atomic E-state index is -0.498. The number of nitrogens with zero attached hydrogens (tertiary/aromatic N) is 2. The molecule has 1 amide bonds. The zero-order valence-electron chi connectivity index (χ0n) is 15.6. The molecule has 1 N–H and O–H groups in total. The van der Waals surface area contributed by atoms with Gasteiger partial charge in [-0.2, -0.15) is 0 Å². The van der Waals surface area contributed by atoms with Crippen molar-refractivity contribution in [1.82, 2.24) is 15.2 Å². The fourth-order valence-corrected chi connectivity index (χ4v) is 4.12. The number of hydrogen-bond donors (Lipinski definition) is 1. The first-order valence-electron chi connectivity index (χ1n) is 9.30. The van der Waals surface area contributed by atoms with Crippen LogP contribution >= 0.6 is 24.8 Å². The Kier molecular flexibility index (Phi) is 7.81. The summed E-state index contributed by atoms with van der Waals surface area (Å²) < 4.78 is 14.1. The molecule has 2 aliphatic rings. The number of likely N-dealkylation sites (tertiary alicyclic amines) is 1. The van der Waals surface area contributed by atoms with Crippen molar-refractivity contribution in [3.05, 3.63) is 65.7 Å². The lowest BCUT2D eigenvalue weighted by atomic mass is 9.75. The van der Waals surface area contributed by atoms with E-state index in [0.717, 1.165) is 31.6 Å². The van der Waals surface area contributed by atoms with Gasteiger partial charge in [0.15, 0.2) is 0 Å². The van der Waals surface area contributed by atoms with Crippen molar-refractivity contribution in [3.63, 3.8) is 0 Å². The van der Waals surface area contributed by atoms with Crippen LogP contribution in [-0.4, -0.2) is 42.0 Å². The monoisotopic (exact) mass is 425 g/mol. The molecule has 2 fully saturated rings. The molecule has 0 bridgehead atoms. The number of carbonyl (C=O) groups is 1. The Balaban J connectivity index is 0.00000140. The lowest BCUT2D eigenvalue weighted by Gasteiger charge is -2.43. The van der Waals surface area contributed by atoms with Crippen molar-refractivity contribution in [2.24, 2.45) is 11.3 Å². The fourth-order valence-electron chi connectivity index (χ4n) is 4.12. The van der Waals surface area contributed by atoms with E-state index in [2.05, 4.69) is 10.3 Å². The molecular formula is C21H26Cl2FN3O. The van der Waals surface area contributed by atoms with Gasteiger partial charge in [0.2, 0.25) is 5.91 Å². The molecule has 0 radical (unpaired) electrons. The standard InChI is InChI=1S/C21H24FN3O.2ClH/c22-19-7-2-1-5-17(19)12-21(14-23-15-21)20(26)25-10-8-16(13-25)11-18-6-3-4-9-24-18;;/h1-7,9,16,23H,8,10-15H2;2*1H. The van der Waals surface area contributed by atoms with Crippen molar-refractivity contribution in [1.29, 1.82) is 0 Å². The van der Waals surface area contributed by atoms with Gasteiger partial charge in [-0.1, -0.05) is 24.3 Å². The summed E-state index contributed by atoms with van der Waals surface area (Å²) in [6.45, 7) is 2.81. The summed E-state index contributed by atoms with van der Waals surface area (Å²) in [4.78, 5) is 19.6. The van der Waals surface area contributed by atoms with Crippen molar-refractivity contribution in [2.75, 3.05) is 26.2 Å². The second-order valence-corrected chi connectivity index (χ2v) is 7.58. The first kappa shape index (κ1) is 22.6. The number of carbonyl (C=O) groups excluding carboxylic acids is 1. The molecule has 28 heavy (non-hydrogen) atoms. The maximum absolute atomic E-state index is 14.1. The van der Waals surface area contributed by atoms with Gasteiger partial charge >= 0.3 is 0 Å². The van der Waals surface area contributed by atoms with Gasteiger partial charge in [-0.15, -0.1) is 24.8 Å². The summed E-state index contributed by atoms with van der Waals surface area (Å²) in [7, 11) is 0. The topological polar surface area (TPSA) is 45.2 Å². The molecule has 1 unspecified atom stereocenters. The zero-order valence-corrected chi connectivity index (χ0v) is 17.3. The highest BCUT2D eigenvalue weighted by Crippen LogP contribution is 2.33. The van der Waals surface area contributed by atoms with Crippen LogP contribution in [0.2, 0.25) is 0 Å². The lowest BCUT2D eigenvalue weighted by Crippen LogP contribution is -2.63. The van der Waals surface area contributed by atoms with Crippen LogP contribution < -0.4 is 5.32 Å². The van der Waals surface area contributed by atoms with E-state index < -0.39 is 5.41 Å². The Hall–Kier alpha value is -1.69. The van der Waals surface area contributed by atoms with Crippen molar-refractivity contribution < 1.29 is 9.18 Å². The average Bonchev–Trinajstić information content (AvgIpc) is 3.08. The molecule has 152 valence electrons. The third-order valence-corrected chi connectivity index (χ3v) is 5.66. The Morgan fingerprint density at radius 3 is 2.57 bits per heavy atom. The molecule has 2 aliphatic heterocycles. The summed E-state index contributed by atoms with van der Waals surface area (Å²) in [5, 5.41) is 3.22. The fraction of sp³-hybridized carbons (Fsp3) is 0.429. The number of aromatic nitrogens is 1. The Morgan fingerprint density at radius 1 is 1.18 bits per heavy atom. The molecule has 4 nitrogen and oxygen atoms in total. The number of hydrogen-bond acceptors (Lipinski definition) is 3. The number of halogens is 3. The van der Waals surface area contributed by atoms with Gasteiger partial charge in [0, 0.05) is 38.1 Å². The van der Waals surface area contributed by atoms with E-state index in [1.54, 1.807) is 12.1 Å². The van der Waals surface area contributed by atoms with E-state index in [9.17, 15) is 9.18 Å². The normalized spacial score (nSPS) is 19.9. The van der Waals surface area contributed by atoms with Crippen LogP contribution in [0.3, 0.4) is 0 Å². The van der Waals surface area contributed by atoms with Crippen LogP contribution in [-0.2, 0) is 17.6 Å². The number of amides is 1. The Morgan fingerprint density at radius 2 is 1.93 bits per heavy atom. The highest BCUT2D eigenvalue weighted by atomic mass is 35.5. The molecular weight excluding hydrogens is 400 g/mol. The molecule has 2 aromatic rings. The number of rotatable bonds is 5. The van der Waals surface area contributed by atoms with Gasteiger partial charge in [-0.3, -0.25) is 9.78 Å². The van der Waals surface area contributed by atoms with Gasteiger partial charge in [-0.25, -0.2) is 4.39 Å². The van der Waals surface area contributed by atoms with Gasteiger partial charge in [0.05, 0.1) is 5.41 Å². The number of nitrogens with one attached hydrogen (secondary N) is 1. The Labute approximate surface area is 177 Å². The van der Waals surface area contributed by atoms with E-state index in [1.165, 1.54) is 6.07 Å². The molecule has 0 spiro atoms. The van der Waals surface area contributed by atoms with Crippen LogP contribution in [0.15, 0.2) is 48.7 Å². The summed E-state index contributed by atoms with van der Waals surface area (Å²) >= 11 is 0. The van der Waals surface area contributed by atoms with Crippen LogP contribution in [0.1, 0.15) is 17.7 Å². The quantitative estimate of drug-likeness (QED) is 0.798. The lowest BCUT2D eigenvalue weighted by molar-refractivity contribution is -0.144. The third-order valence-electron chi connectivity index (χ3n) is 5.66. The predicted molar refractivity (Wildman–Crippen MR) is 113 cm³/mol. The van der Waals surface area contributed by atoms with Crippen LogP contribution in [0, 0.1) is 17.2 Å². The second kappa shape index (κ2) is 9.68. The van der Waals surface area contributed by atoms with Crippen LogP contribution in [0.25, 0.3) is 0 Å². The van der Waals surface area contributed by atoms with Gasteiger partial charge in [0.25, 0.3) is 0 Å². The van der Waals surface area contributed by atoms with Gasteiger partial charge in [-0.05, 0) is 48.9 Å². The third kappa shape index (κ3) is 4.65. The SMILES string of the molecule is Cl.Cl.O=C(N1CCC(Cc2ccccn2)C1)C1(Cc2ccccc2F)CNC1. The number of pyridine rings is 1. The molecule has 0 aliphatic carbocycles. The molecule has 1 aromatic heterocycles. The summed E-state index contributed by atoms with van der Waals surface area (Å²) in [5.74, 6) is 0.399. The summed E-state index contributed by atoms with van der Waals surface area (Å²) in [6, 6.07) is 12.7. The highest BCUT2D eigenvalue weighted by Gasteiger charge is 2.47. The number of benzene rings is 1. The van der Waals surface area contributed by atoms with E-state index in [4.69, 9.17) is 0 Å². The van der Waals surface area contributed by atoms with E-state index in [0.29, 0.717) is 31.0 Å². The zero-order chi connectivity index (χ0) is 18.0. The molecule has 2 saturated heterocycles. The van der Waals surface area contributed by atoms with E-state index in [1.807, 2.05) is 35.4 Å². The smallest absolute Gasteiger partial charge is 0.231 e. The highest BCUT2D eigenvalue weighted by molar-refractivity contribution is 5.86. The molecule has 3 heterocycles. The van der Waals surface area contributed by atoms with Crippen LogP contribution in [0.5, 0.6) is 0 Å². The van der Waals surface area contributed by atoms with E-state index >= 15 is 0 Å². The molecule has 1 atom stereocenters. The molecule has 1 aromatic carbocycles. The molecule has 4 rings (SSSR count). The van der Waals surface area contributed by atoms with Crippen LogP contribution in [0.4, 0.5) is 4.39 Å². The minimum Gasteiger partial charge on any atom is -0.342 e. The van der Waals surface area contributed by atoms with Gasteiger partial charge < -0.3 is 10.2 Å². The molecule has 7 heteroatoms. The summed E-state index contributed by atoms with van der Waals surface area (Å²) in [6.07, 6.45) is 4.19. The van der Waals surface area contributed by atoms with E-state index in [-0.39, 0.29) is 36.5 Å². The molecule has 0 saturated carbocycles. The maximum Gasteiger partial charge on any atom is 0.231 e. The average molecular weight is 426 g/mol. The largest absolute Gasteiger partial charge is 0.342 e. The van der Waals surface area contributed by atoms with Crippen molar-refractivity contribution >= 4 is 30.7 Å². The first-order chi connectivity index (χ1) is 12.7. The summed E-state index contributed by atoms with van der Waals surface area (Å²) in [5.41, 5.74) is 1.21. The first-order valence-corrected chi connectivity index (χ1v) is 9.30. The minimum absolute atomic E-state index is 0. The second-order valence-electron chi connectivity index (χ2n) is 7.58. The van der Waals surface area contributed by atoms with Crippen molar-refractivity contribution in [3.8, 4) is 0 Å². The predicted octanol–water partition coefficient (Wildman–Crippen LogP) is 3.29. The Bertz CT molecular complexity index is 786. The maximum atomic E-state index is 14.1. The van der Waals surface area contributed by atoms with Crippen molar-refractivity contribution in [2.45, 2.75) is 19.3 Å². The van der Waals surface area contributed by atoms with Gasteiger partial charge in [0.1, 0.15) is 5.82 Å².